The second-order valence-electron chi connectivity index (χ2n) is 3.73. The average molecular weight is 264 g/mol. The van der Waals surface area contributed by atoms with E-state index in [-0.39, 0.29) is 16.8 Å². The third-order valence-electron chi connectivity index (χ3n) is 2.41. The first kappa shape index (κ1) is 11.7. The van der Waals surface area contributed by atoms with Crippen molar-refractivity contribution in [2.45, 2.75) is 23.3 Å². The topological polar surface area (TPSA) is 92.2 Å². The van der Waals surface area contributed by atoms with Crippen molar-refractivity contribution in [3.63, 3.8) is 0 Å². The van der Waals surface area contributed by atoms with Crippen molar-refractivity contribution in [1.29, 1.82) is 0 Å². The molecule has 1 aromatic rings. The number of hydrogen-bond donors (Lipinski definition) is 2. The Hall–Kier alpha value is -0.760. The van der Waals surface area contributed by atoms with Gasteiger partial charge in [-0.15, -0.1) is 0 Å². The number of aliphatic hydroxyl groups excluding tert-OH is 1. The van der Waals surface area contributed by atoms with Gasteiger partial charge in [0.2, 0.25) is 15.3 Å². The van der Waals surface area contributed by atoms with E-state index in [4.69, 9.17) is 16.7 Å². The molecule has 0 radical (unpaired) electrons. The van der Waals surface area contributed by atoms with Crippen molar-refractivity contribution in [1.82, 2.24) is 14.7 Å². The van der Waals surface area contributed by atoms with Crippen LogP contribution in [0.4, 0.5) is 0 Å². The Morgan fingerprint density at radius 1 is 1.44 bits per heavy atom. The van der Waals surface area contributed by atoms with Gasteiger partial charge in [-0.3, -0.25) is 0 Å². The van der Waals surface area contributed by atoms with E-state index >= 15 is 0 Å². The van der Waals surface area contributed by atoms with Gasteiger partial charge in [-0.25, -0.2) is 23.1 Å². The van der Waals surface area contributed by atoms with E-state index in [1.807, 2.05) is 0 Å². The van der Waals surface area contributed by atoms with Crippen LogP contribution in [-0.4, -0.2) is 35.6 Å². The summed E-state index contributed by atoms with van der Waals surface area (Å²) in [5.41, 5.74) is -0.696. The molecule has 1 fully saturated rings. The lowest BCUT2D eigenvalue weighted by atomic mass is 10.3. The zero-order chi connectivity index (χ0) is 11.8. The number of halogens is 1. The Morgan fingerprint density at radius 3 is 2.44 bits per heavy atom. The third-order valence-corrected chi connectivity index (χ3v) is 4.14. The van der Waals surface area contributed by atoms with E-state index in [1.54, 1.807) is 0 Å². The SMILES string of the molecule is O=S(=O)(NC1(CO)CC1)c1cnc(Cl)nc1. The van der Waals surface area contributed by atoms with Crippen LogP contribution in [-0.2, 0) is 10.0 Å². The molecular weight excluding hydrogens is 254 g/mol. The summed E-state index contributed by atoms with van der Waals surface area (Å²) in [5, 5.41) is 9.02. The van der Waals surface area contributed by atoms with Gasteiger partial charge in [0, 0.05) is 0 Å². The minimum absolute atomic E-state index is 0.0118. The molecular formula is C8H10ClN3O3S. The molecule has 0 aliphatic heterocycles. The van der Waals surface area contributed by atoms with Crippen molar-refractivity contribution in [3.05, 3.63) is 17.7 Å². The number of aromatic nitrogens is 2. The highest BCUT2D eigenvalue weighted by molar-refractivity contribution is 7.89. The van der Waals surface area contributed by atoms with E-state index in [9.17, 15) is 8.42 Å². The molecule has 88 valence electrons. The highest BCUT2D eigenvalue weighted by Gasteiger charge is 2.45. The van der Waals surface area contributed by atoms with Crippen LogP contribution in [0.3, 0.4) is 0 Å². The molecule has 0 atom stereocenters. The maximum atomic E-state index is 11.8. The summed E-state index contributed by atoms with van der Waals surface area (Å²) in [7, 11) is -3.68. The lowest BCUT2D eigenvalue weighted by Crippen LogP contribution is -2.39. The van der Waals surface area contributed by atoms with Crippen LogP contribution in [0.1, 0.15) is 12.8 Å². The summed E-state index contributed by atoms with van der Waals surface area (Å²) in [6, 6.07) is 0. The molecule has 2 N–H and O–H groups in total. The minimum atomic E-state index is -3.68. The normalized spacial score (nSPS) is 18.4. The standard InChI is InChI=1S/C8H10ClN3O3S/c9-7-10-3-6(4-11-7)16(14,15)12-8(5-13)1-2-8/h3-4,12-13H,1-2,5H2. The monoisotopic (exact) mass is 263 g/mol. The molecule has 1 aliphatic rings. The van der Waals surface area contributed by atoms with Crippen LogP contribution >= 0.6 is 11.6 Å². The number of nitrogens with zero attached hydrogens (tertiary/aromatic N) is 2. The van der Waals surface area contributed by atoms with Gasteiger partial charge in [0.05, 0.1) is 24.5 Å². The van der Waals surface area contributed by atoms with Crippen LogP contribution in [0.5, 0.6) is 0 Å². The molecule has 0 spiro atoms. The van der Waals surface area contributed by atoms with Gasteiger partial charge in [-0.2, -0.15) is 0 Å². The van der Waals surface area contributed by atoms with Crippen molar-refractivity contribution in [2.75, 3.05) is 6.61 Å². The Labute approximate surface area is 97.7 Å². The van der Waals surface area contributed by atoms with Gasteiger partial charge in [-0.1, -0.05) is 0 Å². The fourth-order valence-corrected chi connectivity index (χ4v) is 2.66. The Morgan fingerprint density at radius 2 is 2.00 bits per heavy atom. The predicted octanol–water partition coefficient (Wildman–Crippen LogP) is -0.0668. The second kappa shape index (κ2) is 3.92. The molecule has 16 heavy (non-hydrogen) atoms. The molecule has 8 heteroatoms. The molecule has 0 unspecified atom stereocenters. The largest absolute Gasteiger partial charge is 0.394 e. The first-order valence-corrected chi connectivity index (χ1v) is 6.46. The summed E-state index contributed by atoms with van der Waals surface area (Å²) in [6.07, 6.45) is 3.53. The first-order chi connectivity index (χ1) is 7.47. The van der Waals surface area contributed by atoms with E-state index < -0.39 is 15.6 Å². The molecule has 0 amide bonds. The van der Waals surface area contributed by atoms with Crippen LogP contribution in [0, 0.1) is 0 Å². The predicted molar refractivity (Wildman–Crippen MR) is 56.4 cm³/mol. The van der Waals surface area contributed by atoms with E-state index in [0.717, 1.165) is 12.4 Å². The van der Waals surface area contributed by atoms with Crippen molar-refractivity contribution in [3.8, 4) is 0 Å². The van der Waals surface area contributed by atoms with Crippen molar-refractivity contribution >= 4 is 21.6 Å². The van der Waals surface area contributed by atoms with Crippen molar-refractivity contribution in [2.24, 2.45) is 0 Å². The molecule has 0 bridgehead atoms. The lowest BCUT2D eigenvalue weighted by Gasteiger charge is -2.13. The fourth-order valence-electron chi connectivity index (χ4n) is 1.23. The average Bonchev–Trinajstić information content (AvgIpc) is 2.98. The summed E-state index contributed by atoms with van der Waals surface area (Å²) in [5.74, 6) is 0. The molecule has 0 saturated heterocycles. The van der Waals surface area contributed by atoms with Crippen LogP contribution < -0.4 is 4.72 Å². The molecule has 1 saturated carbocycles. The highest BCUT2D eigenvalue weighted by atomic mass is 35.5. The quantitative estimate of drug-likeness (QED) is 0.742. The molecule has 2 rings (SSSR count). The second-order valence-corrected chi connectivity index (χ2v) is 5.75. The number of rotatable bonds is 4. The molecule has 0 aromatic carbocycles. The van der Waals surface area contributed by atoms with E-state index in [1.165, 1.54) is 0 Å². The third kappa shape index (κ3) is 2.32. The smallest absolute Gasteiger partial charge is 0.244 e. The Kier molecular flexibility index (Phi) is 2.87. The van der Waals surface area contributed by atoms with Crippen LogP contribution in [0.15, 0.2) is 17.3 Å². The summed E-state index contributed by atoms with van der Waals surface area (Å²) in [4.78, 5) is 7.13. The fraction of sp³-hybridized carbons (Fsp3) is 0.500. The molecule has 1 aliphatic carbocycles. The Balaban J connectivity index is 2.22. The van der Waals surface area contributed by atoms with Gasteiger partial charge in [0.15, 0.2) is 0 Å². The number of hydrogen-bond acceptors (Lipinski definition) is 5. The zero-order valence-corrected chi connectivity index (χ0v) is 9.79. The maximum Gasteiger partial charge on any atom is 0.244 e. The van der Waals surface area contributed by atoms with Gasteiger partial charge < -0.3 is 5.11 Å². The van der Waals surface area contributed by atoms with Gasteiger partial charge >= 0.3 is 0 Å². The number of sulfonamides is 1. The van der Waals surface area contributed by atoms with Gasteiger partial charge in [-0.05, 0) is 24.4 Å². The first-order valence-electron chi connectivity index (χ1n) is 4.60. The van der Waals surface area contributed by atoms with Gasteiger partial charge in [0.1, 0.15) is 4.90 Å². The minimum Gasteiger partial charge on any atom is -0.394 e. The van der Waals surface area contributed by atoms with Gasteiger partial charge in [0.25, 0.3) is 0 Å². The van der Waals surface area contributed by atoms with E-state index in [2.05, 4.69) is 14.7 Å². The zero-order valence-electron chi connectivity index (χ0n) is 8.22. The highest BCUT2D eigenvalue weighted by Crippen LogP contribution is 2.36. The molecule has 1 aromatic heterocycles. The van der Waals surface area contributed by atoms with Crippen molar-refractivity contribution < 1.29 is 13.5 Å². The molecule has 1 heterocycles. The number of aliphatic hydroxyl groups is 1. The number of nitrogens with one attached hydrogen (secondary N) is 1. The maximum absolute atomic E-state index is 11.8. The van der Waals surface area contributed by atoms with E-state index in [0.29, 0.717) is 12.8 Å². The van der Waals surface area contributed by atoms with Crippen LogP contribution in [0.25, 0.3) is 0 Å². The molecule has 6 nitrogen and oxygen atoms in total. The summed E-state index contributed by atoms with van der Waals surface area (Å²) in [6.45, 7) is -0.208. The Bertz CT molecular complexity index is 484. The summed E-state index contributed by atoms with van der Waals surface area (Å²) < 4.78 is 26.1. The summed E-state index contributed by atoms with van der Waals surface area (Å²) >= 11 is 5.46. The lowest BCUT2D eigenvalue weighted by molar-refractivity contribution is 0.246. The van der Waals surface area contributed by atoms with Crippen LogP contribution in [0.2, 0.25) is 5.28 Å².